The summed E-state index contributed by atoms with van der Waals surface area (Å²) in [4.78, 5) is 15.5. The summed E-state index contributed by atoms with van der Waals surface area (Å²) in [5, 5.41) is 19.7. The molecule has 30 heavy (non-hydrogen) atoms. The fraction of sp³-hybridized carbons (Fsp3) is 0.190. The molecule has 3 aromatic rings. The number of carbonyl (C=O) groups excluding carboxylic acids is 1. The van der Waals surface area contributed by atoms with Gasteiger partial charge in [-0.05, 0) is 24.3 Å². The summed E-state index contributed by atoms with van der Waals surface area (Å²) in [6.45, 7) is 5.69. The molecular formula is C21H17Cl2FN4O2. The minimum atomic E-state index is -0.764. The van der Waals surface area contributed by atoms with Gasteiger partial charge in [0, 0.05) is 53.1 Å². The van der Waals surface area contributed by atoms with Crippen LogP contribution in [0.15, 0.2) is 43.0 Å². The third-order valence-electron chi connectivity index (χ3n) is 5.14. The molecular weight excluding hydrogens is 430 g/mol. The molecule has 2 aromatic carbocycles. The number of amides is 1. The van der Waals surface area contributed by atoms with Crippen molar-refractivity contribution in [3.8, 4) is 16.9 Å². The number of nitrogens with zero attached hydrogens (tertiary/aromatic N) is 4. The molecule has 9 heteroatoms. The Morgan fingerprint density at radius 3 is 2.53 bits per heavy atom. The van der Waals surface area contributed by atoms with Gasteiger partial charge in [-0.25, -0.2) is 4.39 Å². The van der Waals surface area contributed by atoms with Crippen LogP contribution in [-0.2, 0) is 4.79 Å². The number of piperazine rings is 1. The van der Waals surface area contributed by atoms with Gasteiger partial charge in [0.05, 0.1) is 0 Å². The van der Waals surface area contributed by atoms with Crippen LogP contribution in [0.4, 0.5) is 10.2 Å². The molecule has 0 saturated carbocycles. The predicted octanol–water partition coefficient (Wildman–Crippen LogP) is 4.28. The summed E-state index contributed by atoms with van der Waals surface area (Å²) in [5.41, 5.74) is 0.549. The first-order valence-corrected chi connectivity index (χ1v) is 9.96. The summed E-state index contributed by atoms with van der Waals surface area (Å²) < 4.78 is 14.5. The van der Waals surface area contributed by atoms with E-state index in [9.17, 15) is 14.3 Å². The van der Waals surface area contributed by atoms with Gasteiger partial charge in [-0.2, -0.15) is 0 Å². The van der Waals surface area contributed by atoms with E-state index in [2.05, 4.69) is 16.8 Å². The van der Waals surface area contributed by atoms with Gasteiger partial charge in [0.25, 0.3) is 0 Å². The van der Waals surface area contributed by atoms with Gasteiger partial charge in [0.15, 0.2) is 22.5 Å². The Hall–Kier alpha value is -2.90. The molecule has 0 atom stereocenters. The fourth-order valence-corrected chi connectivity index (χ4v) is 4.02. The van der Waals surface area contributed by atoms with E-state index in [-0.39, 0.29) is 21.6 Å². The molecule has 1 fully saturated rings. The standard InChI is InChI=1S/C21H17Cl2FN4O2/c1-2-18(30)27-6-8-28(9-7-27)21-15-11-16(22)13(10-14(15)20(23)25-26-21)12-4-3-5-17(29)19(12)24/h2-5,10-11,29H,1,6-9H2. The highest BCUT2D eigenvalue weighted by atomic mass is 35.5. The van der Waals surface area contributed by atoms with Crippen molar-refractivity contribution in [1.82, 2.24) is 15.1 Å². The van der Waals surface area contributed by atoms with Crippen molar-refractivity contribution in [3.63, 3.8) is 0 Å². The lowest BCUT2D eigenvalue weighted by Gasteiger charge is -2.35. The van der Waals surface area contributed by atoms with Crippen molar-refractivity contribution in [2.75, 3.05) is 31.1 Å². The molecule has 0 bridgehead atoms. The van der Waals surface area contributed by atoms with Crippen molar-refractivity contribution in [2.45, 2.75) is 0 Å². The van der Waals surface area contributed by atoms with Crippen molar-refractivity contribution >= 4 is 45.7 Å². The Morgan fingerprint density at radius 1 is 1.10 bits per heavy atom. The van der Waals surface area contributed by atoms with E-state index in [4.69, 9.17) is 23.2 Å². The molecule has 4 rings (SSSR count). The molecule has 0 spiro atoms. The maximum atomic E-state index is 14.5. The maximum absolute atomic E-state index is 14.5. The van der Waals surface area contributed by atoms with E-state index in [0.29, 0.717) is 48.3 Å². The summed E-state index contributed by atoms with van der Waals surface area (Å²) in [5.74, 6) is -0.747. The second kappa shape index (κ2) is 8.08. The normalized spacial score (nSPS) is 14.2. The average molecular weight is 447 g/mol. The molecule has 0 radical (unpaired) electrons. The van der Waals surface area contributed by atoms with Gasteiger partial charge in [-0.15, -0.1) is 10.2 Å². The molecule has 1 saturated heterocycles. The summed E-state index contributed by atoms with van der Waals surface area (Å²) in [6.07, 6.45) is 1.30. The van der Waals surface area contributed by atoms with Gasteiger partial charge >= 0.3 is 0 Å². The number of hydrogen-bond donors (Lipinski definition) is 1. The van der Waals surface area contributed by atoms with Crippen LogP contribution in [0.25, 0.3) is 21.9 Å². The lowest BCUT2D eigenvalue weighted by Crippen LogP contribution is -2.48. The third kappa shape index (κ3) is 3.55. The number of hydrogen-bond acceptors (Lipinski definition) is 5. The Bertz CT molecular complexity index is 1160. The molecule has 154 valence electrons. The highest BCUT2D eigenvalue weighted by Crippen LogP contribution is 2.39. The SMILES string of the molecule is C=CC(=O)N1CCN(c2nnc(Cl)c3cc(-c4cccc(O)c4F)c(Cl)cc23)CC1. The number of aromatic nitrogens is 2. The Labute approximate surface area is 182 Å². The van der Waals surface area contributed by atoms with Crippen molar-refractivity contribution in [3.05, 3.63) is 59.0 Å². The number of fused-ring (bicyclic) bond motifs is 1. The van der Waals surface area contributed by atoms with E-state index in [1.54, 1.807) is 17.0 Å². The Morgan fingerprint density at radius 2 is 1.83 bits per heavy atom. The number of carbonyl (C=O) groups is 1. The number of aromatic hydroxyl groups is 1. The first-order chi connectivity index (χ1) is 14.4. The van der Waals surface area contributed by atoms with Gasteiger partial charge in [0.2, 0.25) is 5.91 Å². The number of phenolic OH excluding ortho intramolecular Hbond substituents is 1. The largest absolute Gasteiger partial charge is 0.505 e. The zero-order valence-corrected chi connectivity index (χ0v) is 17.3. The van der Waals surface area contributed by atoms with Crippen LogP contribution in [0.2, 0.25) is 10.2 Å². The quantitative estimate of drug-likeness (QED) is 0.607. The lowest BCUT2D eigenvalue weighted by atomic mass is 10.0. The van der Waals surface area contributed by atoms with Crippen LogP contribution >= 0.6 is 23.2 Å². The molecule has 1 aliphatic rings. The minimum absolute atomic E-state index is 0.109. The van der Waals surface area contributed by atoms with Crippen LogP contribution < -0.4 is 4.90 Å². The Kier molecular flexibility index (Phi) is 5.49. The average Bonchev–Trinajstić information content (AvgIpc) is 2.75. The number of anilines is 1. The number of benzene rings is 2. The van der Waals surface area contributed by atoms with Gasteiger partial charge in [-0.1, -0.05) is 41.9 Å². The minimum Gasteiger partial charge on any atom is -0.505 e. The molecule has 2 heterocycles. The molecule has 0 aliphatic carbocycles. The lowest BCUT2D eigenvalue weighted by molar-refractivity contribution is -0.126. The topological polar surface area (TPSA) is 69.6 Å². The second-order valence-electron chi connectivity index (χ2n) is 6.85. The van der Waals surface area contributed by atoms with E-state index in [0.717, 1.165) is 0 Å². The van der Waals surface area contributed by atoms with Gasteiger partial charge in [-0.3, -0.25) is 4.79 Å². The van der Waals surface area contributed by atoms with E-state index in [1.807, 2.05) is 4.90 Å². The maximum Gasteiger partial charge on any atom is 0.246 e. The summed E-state index contributed by atoms with van der Waals surface area (Å²) in [6, 6.07) is 7.65. The molecule has 1 N–H and O–H groups in total. The fourth-order valence-electron chi connectivity index (χ4n) is 3.56. The highest BCUT2D eigenvalue weighted by Gasteiger charge is 2.24. The molecule has 0 unspecified atom stereocenters. The van der Waals surface area contributed by atoms with Crippen molar-refractivity contribution in [2.24, 2.45) is 0 Å². The molecule has 1 aromatic heterocycles. The summed E-state index contributed by atoms with van der Waals surface area (Å²) >= 11 is 12.8. The monoisotopic (exact) mass is 446 g/mol. The van der Waals surface area contributed by atoms with Crippen LogP contribution in [-0.4, -0.2) is 52.3 Å². The third-order valence-corrected chi connectivity index (χ3v) is 5.73. The molecule has 6 nitrogen and oxygen atoms in total. The zero-order chi connectivity index (χ0) is 21.4. The molecule has 1 aliphatic heterocycles. The van der Waals surface area contributed by atoms with Crippen LogP contribution in [0.1, 0.15) is 0 Å². The second-order valence-corrected chi connectivity index (χ2v) is 7.61. The van der Waals surface area contributed by atoms with E-state index >= 15 is 0 Å². The first kappa shape index (κ1) is 20.4. The summed E-state index contributed by atoms with van der Waals surface area (Å²) in [7, 11) is 0. The highest BCUT2D eigenvalue weighted by molar-refractivity contribution is 6.37. The Balaban J connectivity index is 1.77. The predicted molar refractivity (Wildman–Crippen MR) is 116 cm³/mol. The van der Waals surface area contributed by atoms with Crippen molar-refractivity contribution in [1.29, 1.82) is 0 Å². The van der Waals surface area contributed by atoms with Crippen LogP contribution in [0.5, 0.6) is 5.75 Å². The van der Waals surface area contributed by atoms with Crippen molar-refractivity contribution < 1.29 is 14.3 Å². The smallest absolute Gasteiger partial charge is 0.246 e. The van der Waals surface area contributed by atoms with E-state index in [1.165, 1.54) is 24.3 Å². The first-order valence-electron chi connectivity index (χ1n) is 9.20. The van der Waals surface area contributed by atoms with Crippen LogP contribution in [0, 0.1) is 5.82 Å². The van der Waals surface area contributed by atoms with E-state index < -0.39 is 11.6 Å². The zero-order valence-electron chi connectivity index (χ0n) is 15.8. The van der Waals surface area contributed by atoms with Crippen LogP contribution in [0.3, 0.4) is 0 Å². The number of phenols is 1. The van der Waals surface area contributed by atoms with Gasteiger partial charge < -0.3 is 14.9 Å². The number of halogens is 3. The van der Waals surface area contributed by atoms with Gasteiger partial charge in [0.1, 0.15) is 0 Å². The molecule has 1 amide bonds. The number of rotatable bonds is 3.